The molecule has 0 atom stereocenters. The highest BCUT2D eigenvalue weighted by Gasteiger charge is 2.25. The molecule has 0 spiro atoms. The normalized spacial score (nSPS) is 15.6. The van der Waals surface area contributed by atoms with Crippen LogP contribution in [0, 0.1) is 0 Å². The highest BCUT2D eigenvalue weighted by Crippen LogP contribution is 2.27. The van der Waals surface area contributed by atoms with Gasteiger partial charge in [-0.1, -0.05) is 0 Å². The van der Waals surface area contributed by atoms with E-state index in [0.29, 0.717) is 35.8 Å². The van der Waals surface area contributed by atoms with Gasteiger partial charge >= 0.3 is 5.97 Å². The van der Waals surface area contributed by atoms with E-state index in [2.05, 4.69) is 25.0 Å². The second kappa shape index (κ2) is 6.60. The van der Waals surface area contributed by atoms with Gasteiger partial charge in [0.1, 0.15) is 17.7 Å². The first-order valence-corrected chi connectivity index (χ1v) is 8.26. The fraction of sp³-hybridized carbons (Fsp3) is 0.438. The molecular formula is C16H18N6O3. The van der Waals surface area contributed by atoms with Gasteiger partial charge in [-0.3, -0.25) is 4.68 Å². The van der Waals surface area contributed by atoms with Gasteiger partial charge in [0.15, 0.2) is 11.3 Å². The number of nitrogens with zero attached hydrogens (tertiary/aromatic N) is 5. The van der Waals surface area contributed by atoms with Crippen LogP contribution in [0.5, 0.6) is 0 Å². The molecule has 0 aromatic carbocycles. The number of fused-ring (bicyclic) bond motifs is 1. The van der Waals surface area contributed by atoms with Gasteiger partial charge in [0, 0.05) is 19.4 Å². The van der Waals surface area contributed by atoms with Gasteiger partial charge in [0.05, 0.1) is 24.4 Å². The molecule has 3 aromatic heterocycles. The lowest BCUT2D eigenvalue weighted by atomic mass is 10.1. The monoisotopic (exact) mass is 342 g/mol. The molecule has 4 rings (SSSR count). The molecule has 130 valence electrons. The Morgan fingerprint density at radius 1 is 1.44 bits per heavy atom. The molecule has 1 fully saturated rings. The minimum Gasteiger partial charge on any atom is -0.461 e. The number of hydrogen-bond acceptors (Lipinski definition) is 7. The maximum atomic E-state index is 12.4. The van der Waals surface area contributed by atoms with Crippen molar-refractivity contribution in [2.24, 2.45) is 0 Å². The number of ether oxygens (including phenoxy) is 2. The van der Waals surface area contributed by atoms with E-state index in [1.807, 2.05) is 10.9 Å². The van der Waals surface area contributed by atoms with Crippen molar-refractivity contribution in [1.82, 2.24) is 29.7 Å². The Hall–Kier alpha value is -2.81. The highest BCUT2D eigenvalue weighted by atomic mass is 16.5. The number of aromatic amines is 1. The molecule has 1 aliphatic rings. The smallest absolute Gasteiger partial charge is 0.359 e. The number of hydrogen-bond donors (Lipinski definition) is 1. The average Bonchev–Trinajstić information content (AvgIpc) is 3.27. The molecule has 0 unspecified atom stereocenters. The number of imidazole rings is 1. The molecule has 9 heteroatoms. The lowest BCUT2D eigenvalue weighted by molar-refractivity contribution is 0.0513. The zero-order chi connectivity index (χ0) is 17.2. The van der Waals surface area contributed by atoms with Gasteiger partial charge < -0.3 is 14.5 Å². The maximum Gasteiger partial charge on any atom is 0.359 e. The molecule has 1 aliphatic heterocycles. The fourth-order valence-electron chi connectivity index (χ4n) is 2.94. The van der Waals surface area contributed by atoms with Gasteiger partial charge in [-0.2, -0.15) is 5.10 Å². The fourth-order valence-corrected chi connectivity index (χ4v) is 2.94. The number of aromatic nitrogens is 6. The minimum atomic E-state index is -0.463. The van der Waals surface area contributed by atoms with Gasteiger partial charge in [-0.25, -0.2) is 19.7 Å². The largest absolute Gasteiger partial charge is 0.461 e. The van der Waals surface area contributed by atoms with Crippen molar-refractivity contribution >= 4 is 17.1 Å². The summed E-state index contributed by atoms with van der Waals surface area (Å²) in [7, 11) is 0. The second-order valence-electron chi connectivity index (χ2n) is 5.78. The predicted octanol–water partition coefficient (Wildman–Crippen LogP) is 1.74. The van der Waals surface area contributed by atoms with Crippen LogP contribution in [0.1, 0.15) is 36.3 Å². The third-order valence-corrected chi connectivity index (χ3v) is 4.18. The summed E-state index contributed by atoms with van der Waals surface area (Å²) in [6, 6.07) is 0.194. The topological polar surface area (TPSA) is 108 Å². The van der Waals surface area contributed by atoms with Crippen molar-refractivity contribution in [3.63, 3.8) is 0 Å². The lowest BCUT2D eigenvalue weighted by Gasteiger charge is -2.22. The molecule has 1 N–H and O–H groups in total. The van der Waals surface area contributed by atoms with E-state index in [0.717, 1.165) is 12.8 Å². The summed E-state index contributed by atoms with van der Waals surface area (Å²) in [6.45, 7) is 3.43. The Morgan fingerprint density at radius 2 is 2.28 bits per heavy atom. The summed E-state index contributed by atoms with van der Waals surface area (Å²) in [4.78, 5) is 28.1. The van der Waals surface area contributed by atoms with E-state index >= 15 is 0 Å². The zero-order valence-electron chi connectivity index (χ0n) is 13.8. The molecule has 0 radical (unpaired) electrons. The Morgan fingerprint density at radius 3 is 3.04 bits per heavy atom. The van der Waals surface area contributed by atoms with E-state index in [1.54, 1.807) is 13.1 Å². The average molecular weight is 342 g/mol. The van der Waals surface area contributed by atoms with E-state index < -0.39 is 5.97 Å². The first-order chi connectivity index (χ1) is 12.3. The third kappa shape index (κ3) is 2.98. The van der Waals surface area contributed by atoms with Crippen molar-refractivity contribution in [1.29, 1.82) is 0 Å². The van der Waals surface area contributed by atoms with Gasteiger partial charge in [0.2, 0.25) is 0 Å². The summed E-state index contributed by atoms with van der Waals surface area (Å²) in [6.07, 6.45) is 6.63. The Labute approximate surface area is 143 Å². The number of rotatable bonds is 4. The minimum absolute atomic E-state index is 0.194. The molecule has 4 heterocycles. The number of carbonyl (C=O) groups is 1. The first kappa shape index (κ1) is 15.7. The maximum absolute atomic E-state index is 12.4. The van der Waals surface area contributed by atoms with Crippen molar-refractivity contribution in [3.05, 3.63) is 24.4 Å². The number of esters is 1. The molecular weight excluding hydrogens is 324 g/mol. The van der Waals surface area contributed by atoms with Crippen LogP contribution in [-0.4, -0.2) is 55.5 Å². The van der Waals surface area contributed by atoms with Gasteiger partial charge in [-0.15, -0.1) is 0 Å². The standard InChI is InChI=1S/C16H18N6O3/c1-2-25-16(23)13-11(8-22(21-13)10-3-5-24-6-4-10)14-19-12-7-17-9-18-15(12)20-14/h7-10H,2-6H2,1H3,(H,17,18,19,20). The molecule has 0 saturated carbocycles. The third-order valence-electron chi connectivity index (χ3n) is 4.18. The van der Waals surface area contributed by atoms with Crippen LogP contribution in [-0.2, 0) is 9.47 Å². The molecule has 0 amide bonds. The van der Waals surface area contributed by atoms with Crippen LogP contribution < -0.4 is 0 Å². The second-order valence-corrected chi connectivity index (χ2v) is 5.78. The van der Waals surface area contributed by atoms with E-state index in [4.69, 9.17) is 9.47 Å². The Balaban J connectivity index is 1.78. The van der Waals surface area contributed by atoms with E-state index in [1.165, 1.54) is 6.33 Å². The van der Waals surface area contributed by atoms with E-state index in [9.17, 15) is 4.79 Å². The summed E-state index contributed by atoms with van der Waals surface area (Å²) < 4.78 is 12.4. The van der Waals surface area contributed by atoms with Crippen molar-refractivity contribution in [3.8, 4) is 11.4 Å². The SMILES string of the molecule is CCOC(=O)c1nn(C2CCOCC2)cc1-c1nc2ncncc2[nH]1. The molecule has 25 heavy (non-hydrogen) atoms. The molecule has 0 bridgehead atoms. The van der Waals surface area contributed by atoms with Crippen molar-refractivity contribution in [2.45, 2.75) is 25.8 Å². The summed E-state index contributed by atoms with van der Waals surface area (Å²) in [5.41, 5.74) is 2.09. The quantitative estimate of drug-likeness (QED) is 0.719. The van der Waals surface area contributed by atoms with Gasteiger partial charge in [-0.05, 0) is 19.8 Å². The first-order valence-electron chi connectivity index (χ1n) is 8.26. The van der Waals surface area contributed by atoms with Crippen LogP contribution in [0.15, 0.2) is 18.7 Å². The van der Waals surface area contributed by atoms with Crippen LogP contribution in [0.4, 0.5) is 0 Å². The molecule has 9 nitrogen and oxygen atoms in total. The lowest BCUT2D eigenvalue weighted by Crippen LogP contribution is -2.20. The van der Waals surface area contributed by atoms with Crippen LogP contribution >= 0.6 is 0 Å². The highest BCUT2D eigenvalue weighted by molar-refractivity contribution is 5.94. The summed E-state index contributed by atoms with van der Waals surface area (Å²) >= 11 is 0. The van der Waals surface area contributed by atoms with Crippen LogP contribution in [0.2, 0.25) is 0 Å². The molecule has 3 aromatic rings. The number of nitrogens with one attached hydrogen (secondary N) is 1. The Kier molecular flexibility index (Phi) is 4.14. The zero-order valence-corrected chi connectivity index (χ0v) is 13.8. The Bertz CT molecular complexity index is 863. The molecule has 0 aliphatic carbocycles. The number of H-pyrrole nitrogens is 1. The predicted molar refractivity (Wildman–Crippen MR) is 88.0 cm³/mol. The van der Waals surface area contributed by atoms with E-state index in [-0.39, 0.29) is 18.3 Å². The number of carbonyl (C=O) groups excluding carboxylic acids is 1. The van der Waals surface area contributed by atoms with Crippen molar-refractivity contribution in [2.75, 3.05) is 19.8 Å². The summed E-state index contributed by atoms with van der Waals surface area (Å²) in [5.74, 6) is 0.0618. The van der Waals surface area contributed by atoms with Crippen molar-refractivity contribution < 1.29 is 14.3 Å². The van der Waals surface area contributed by atoms with Gasteiger partial charge in [0.25, 0.3) is 0 Å². The van der Waals surface area contributed by atoms with Crippen LogP contribution in [0.25, 0.3) is 22.6 Å². The summed E-state index contributed by atoms with van der Waals surface area (Å²) in [5, 5.41) is 4.49. The van der Waals surface area contributed by atoms with Crippen LogP contribution in [0.3, 0.4) is 0 Å². The molecule has 1 saturated heterocycles.